The highest BCUT2D eigenvalue weighted by Gasteiger charge is 2.38. The van der Waals surface area contributed by atoms with Gasteiger partial charge in [-0.25, -0.2) is 5.48 Å². The molecule has 0 bridgehead atoms. The van der Waals surface area contributed by atoms with Gasteiger partial charge in [-0.05, 0) is 12.1 Å². The minimum Gasteiger partial charge on any atom is -0.478 e. The monoisotopic (exact) mass is 179 g/mol. The lowest BCUT2D eigenvalue weighted by molar-refractivity contribution is 0.146. The number of benzene rings is 1. The molecule has 1 N–H and O–H groups in total. The van der Waals surface area contributed by atoms with Crippen LogP contribution in [0.4, 0.5) is 0 Å². The summed E-state index contributed by atoms with van der Waals surface area (Å²) in [5, 5.41) is 0. The summed E-state index contributed by atoms with van der Waals surface area (Å²) in [7, 11) is 0. The molecule has 3 rings (SSSR count). The van der Waals surface area contributed by atoms with Crippen molar-refractivity contribution in [2.24, 2.45) is 0 Å². The van der Waals surface area contributed by atoms with E-state index in [2.05, 4.69) is 5.48 Å². The molecule has 60 valence electrons. The maximum atomic E-state index is 5.39. The van der Waals surface area contributed by atoms with E-state index >= 15 is 0 Å². The van der Waals surface area contributed by atoms with Crippen LogP contribution < -0.4 is 15.1 Å². The van der Waals surface area contributed by atoms with Gasteiger partial charge < -0.3 is 9.57 Å². The first kappa shape index (κ1) is 6.25. The molecule has 12 heavy (non-hydrogen) atoms. The van der Waals surface area contributed by atoms with Crippen LogP contribution in [0.25, 0.3) is 0 Å². The van der Waals surface area contributed by atoms with E-state index in [4.69, 9.17) is 21.8 Å². The van der Waals surface area contributed by atoms with Crippen LogP contribution in [0.1, 0.15) is 11.7 Å². The first-order valence-electron chi connectivity index (χ1n) is 3.62. The Kier molecular flexibility index (Phi) is 0.988. The third-order valence-corrected chi connectivity index (χ3v) is 2.33. The molecule has 0 radical (unpaired) electrons. The van der Waals surface area contributed by atoms with Gasteiger partial charge in [-0.1, -0.05) is 18.3 Å². The normalized spacial score (nSPS) is 22.7. The average molecular weight is 179 g/mol. The molecule has 1 aromatic carbocycles. The summed E-state index contributed by atoms with van der Waals surface area (Å²) in [6.07, 6.45) is -0.0834. The fraction of sp³-hybridized carbons (Fsp3) is 0.125. The van der Waals surface area contributed by atoms with E-state index < -0.39 is 0 Å². The molecule has 1 aromatic rings. The lowest BCUT2D eigenvalue weighted by Crippen LogP contribution is -2.42. The Morgan fingerprint density at radius 1 is 1.33 bits per heavy atom. The highest BCUT2D eigenvalue weighted by molar-refractivity contribution is 7.80. The van der Waals surface area contributed by atoms with Crippen LogP contribution in [-0.4, -0.2) is 4.99 Å². The van der Waals surface area contributed by atoms with E-state index in [-0.39, 0.29) is 6.10 Å². The number of rotatable bonds is 0. The van der Waals surface area contributed by atoms with E-state index in [0.717, 1.165) is 17.1 Å². The van der Waals surface area contributed by atoms with Crippen molar-refractivity contribution in [1.82, 2.24) is 5.48 Å². The quantitative estimate of drug-likeness (QED) is 0.609. The van der Waals surface area contributed by atoms with Crippen molar-refractivity contribution >= 4 is 17.2 Å². The molecule has 0 saturated carbocycles. The first-order chi connectivity index (χ1) is 5.86. The number of hydrogen-bond donors (Lipinski definition) is 1. The summed E-state index contributed by atoms with van der Waals surface area (Å²) in [6.45, 7) is 0. The first-order valence-corrected chi connectivity index (χ1v) is 4.03. The maximum absolute atomic E-state index is 5.39. The molecule has 0 amide bonds. The molecule has 0 spiro atoms. The SMILES string of the molecule is S=C1NOc2cccc3c2C1O3. The zero-order valence-electron chi connectivity index (χ0n) is 6.03. The molecule has 2 heterocycles. The van der Waals surface area contributed by atoms with E-state index in [0.29, 0.717) is 4.99 Å². The fourth-order valence-corrected chi connectivity index (χ4v) is 1.65. The molecular formula is C8H5NO2S. The predicted molar refractivity (Wildman–Crippen MR) is 46.2 cm³/mol. The van der Waals surface area contributed by atoms with Crippen LogP contribution >= 0.6 is 12.2 Å². The fourth-order valence-electron chi connectivity index (χ4n) is 1.45. The van der Waals surface area contributed by atoms with E-state index in [1.807, 2.05) is 18.2 Å². The highest BCUT2D eigenvalue weighted by atomic mass is 32.1. The minimum atomic E-state index is -0.0834. The molecule has 0 saturated heterocycles. The molecular weight excluding hydrogens is 174 g/mol. The summed E-state index contributed by atoms with van der Waals surface area (Å²) < 4.78 is 5.39. The Labute approximate surface area is 74.2 Å². The van der Waals surface area contributed by atoms with Gasteiger partial charge >= 0.3 is 0 Å². The molecule has 2 aliphatic heterocycles. The van der Waals surface area contributed by atoms with Gasteiger partial charge in [-0.15, -0.1) is 0 Å². The van der Waals surface area contributed by atoms with Gasteiger partial charge in [0, 0.05) is 0 Å². The molecule has 0 aromatic heterocycles. The van der Waals surface area contributed by atoms with Crippen molar-refractivity contribution in [3.8, 4) is 11.5 Å². The Morgan fingerprint density at radius 3 is 3.08 bits per heavy atom. The molecule has 1 unspecified atom stereocenters. The van der Waals surface area contributed by atoms with Crippen LogP contribution in [0.3, 0.4) is 0 Å². The molecule has 1 atom stereocenters. The Morgan fingerprint density at radius 2 is 2.17 bits per heavy atom. The average Bonchev–Trinajstić information content (AvgIpc) is 2.03. The van der Waals surface area contributed by atoms with Crippen molar-refractivity contribution in [3.63, 3.8) is 0 Å². The second-order valence-electron chi connectivity index (χ2n) is 2.73. The zero-order valence-corrected chi connectivity index (χ0v) is 6.85. The van der Waals surface area contributed by atoms with Crippen molar-refractivity contribution < 1.29 is 9.57 Å². The lowest BCUT2D eigenvalue weighted by atomic mass is 10.0. The van der Waals surface area contributed by atoms with Crippen LogP contribution in [0.15, 0.2) is 18.2 Å². The number of hydroxylamine groups is 1. The number of thiocarbonyl (C=S) groups is 1. The third-order valence-electron chi connectivity index (χ3n) is 2.03. The summed E-state index contributed by atoms with van der Waals surface area (Å²) in [6, 6.07) is 5.69. The van der Waals surface area contributed by atoms with E-state index in [9.17, 15) is 0 Å². The van der Waals surface area contributed by atoms with Crippen LogP contribution in [0.2, 0.25) is 0 Å². The highest BCUT2D eigenvalue weighted by Crippen LogP contribution is 2.46. The molecule has 0 aliphatic carbocycles. The van der Waals surface area contributed by atoms with Crippen LogP contribution in [0, 0.1) is 0 Å². The third kappa shape index (κ3) is 0.587. The van der Waals surface area contributed by atoms with Gasteiger partial charge in [-0.2, -0.15) is 0 Å². The van der Waals surface area contributed by atoms with E-state index in [1.54, 1.807) is 0 Å². The van der Waals surface area contributed by atoms with Gasteiger partial charge in [0.2, 0.25) is 0 Å². The van der Waals surface area contributed by atoms with Gasteiger partial charge in [0.25, 0.3) is 0 Å². The molecule has 4 heteroatoms. The van der Waals surface area contributed by atoms with Gasteiger partial charge in [0.1, 0.15) is 5.75 Å². The Bertz CT molecular complexity index is 377. The van der Waals surface area contributed by atoms with Gasteiger partial charge in [0.05, 0.1) is 5.56 Å². The summed E-state index contributed by atoms with van der Waals surface area (Å²) >= 11 is 4.99. The number of nitrogens with one attached hydrogen (secondary N) is 1. The van der Waals surface area contributed by atoms with Crippen molar-refractivity contribution in [2.45, 2.75) is 6.10 Å². The van der Waals surface area contributed by atoms with Crippen molar-refractivity contribution in [3.05, 3.63) is 23.8 Å². The molecule has 0 fully saturated rings. The summed E-state index contributed by atoms with van der Waals surface area (Å²) in [5.74, 6) is 1.69. The van der Waals surface area contributed by atoms with Crippen molar-refractivity contribution in [1.29, 1.82) is 0 Å². The predicted octanol–water partition coefficient (Wildman–Crippen LogP) is 1.34. The molecule has 3 nitrogen and oxygen atoms in total. The number of hydrogen-bond acceptors (Lipinski definition) is 3. The Hall–Kier alpha value is -1.29. The second-order valence-corrected chi connectivity index (χ2v) is 3.17. The molecule has 2 aliphatic rings. The zero-order chi connectivity index (χ0) is 8.13. The summed E-state index contributed by atoms with van der Waals surface area (Å²) in [5.41, 5.74) is 3.71. The summed E-state index contributed by atoms with van der Waals surface area (Å²) in [4.78, 5) is 5.77. The minimum absolute atomic E-state index is 0.0834. The second kappa shape index (κ2) is 1.90. The smallest absolute Gasteiger partial charge is 0.184 e. The van der Waals surface area contributed by atoms with Crippen LogP contribution in [0.5, 0.6) is 11.5 Å². The lowest BCUT2D eigenvalue weighted by Gasteiger charge is -2.36. The largest absolute Gasteiger partial charge is 0.478 e. The Balaban J connectivity index is 2.23. The standard InChI is InChI=1S/C8H5NO2S/c12-8-7-6-4(10-7)2-1-3-5(6)11-9-8/h1-3,7H,(H,9,12). The van der Waals surface area contributed by atoms with E-state index in [1.165, 1.54) is 0 Å². The van der Waals surface area contributed by atoms with Crippen molar-refractivity contribution in [2.75, 3.05) is 0 Å². The van der Waals surface area contributed by atoms with Crippen LogP contribution in [-0.2, 0) is 0 Å². The number of ether oxygens (including phenoxy) is 1. The topological polar surface area (TPSA) is 30.5 Å². The maximum Gasteiger partial charge on any atom is 0.184 e. The van der Waals surface area contributed by atoms with Gasteiger partial charge in [0.15, 0.2) is 16.8 Å². The van der Waals surface area contributed by atoms with Gasteiger partial charge in [-0.3, -0.25) is 0 Å².